The predicted octanol–water partition coefficient (Wildman–Crippen LogP) is 2.01. The third-order valence-electron chi connectivity index (χ3n) is 1.13. The summed E-state index contributed by atoms with van der Waals surface area (Å²) in [5.41, 5.74) is 5.32. The molecule has 4 heteroatoms. The van der Waals surface area contributed by atoms with Crippen LogP contribution in [0.2, 0.25) is 0 Å². The van der Waals surface area contributed by atoms with Crippen molar-refractivity contribution in [3.05, 3.63) is 22.6 Å². The minimum Gasteiger partial charge on any atom is -0.453 e. The second-order valence-corrected chi connectivity index (χ2v) is 2.68. The zero-order valence-corrected chi connectivity index (χ0v) is 6.77. The Morgan fingerprint density at radius 3 is 2.80 bits per heavy atom. The molecular weight excluding hydrogens is 201 g/mol. The molecule has 0 fully saturated rings. The summed E-state index contributed by atoms with van der Waals surface area (Å²) < 4.78 is 17.4. The quantitative estimate of drug-likeness (QED) is 0.807. The van der Waals surface area contributed by atoms with E-state index in [1.54, 1.807) is 12.1 Å². The Balaban J connectivity index is 2.74. The highest BCUT2D eigenvalue weighted by molar-refractivity contribution is 9.10. The Morgan fingerprint density at radius 2 is 2.40 bits per heavy atom. The molecule has 0 radical (unpaired) electrons. The van der Waals surface area contributed by atoms with Gasteiger partial charge in [-0.15, -0.1) is 0 Å². The van der Waals surface area contributed by atoms with Gasteiger partial charge in [0.2, 0.25) is 0 Å². The molecule has 2 nitrogen and oxygen atoms in total. The standard InChI is InChI=1S/C6H7BrFNO/c7-6-2-1-5(10-6)4(9)3-8/h1-2,4H,3,9H2/t4-/m0/s1. The van der Waals surface area contributed by atoms with Crippen LogP contribution >= 0.6 is 15.9 Å². The first-order valence-corrected chi connectivity index (χ1v) is 3.60. The SMILES string of the molecule is N[C@@H](CF)c1ccc(Br)o1. The predicted molar refractivity (Wildman–Crippen MR) is 39.3 cm³/mol. The highest BCUT2D eigenvalue weighted by atomic mass is 79.9. The number of rotatable bonds is 2. The van der Waals surface area contributed by atoms with Crippen LogP contribution in [0.5, 0.6) is 0 Å². The minimum absolute atomic E-state index is 0.467. The van der Waals surface area contributed by atoms with Gasteiger partial charge in [0.1, 0.15) is 12.4 Å². The molecule has 56 valence electrons. The Bertz CT molecular complexity index is 213. The lowest BCUT2D eigenvalue weighted by molar-refractivity contribution is 0.375. The van der Waals surface area contributed by atoms with E-state index in [2.05, 4.69) is 15.9 Å². The van der Waals surface area contributed by atoms with Gasteiger partial charge in [-0.25, -0.2) is 4.39 Å². The van der Waals surface area contributed by atoms with Gasteiger partial charge in [0.15, 0.2) is 4.67 Å². The van der Waals surface area contributed by atoms with Crippen molar-refractivity contribution in [2.75, 3.05) is 6.67 Å². The summed E-state index contributed by atoms with van der Waals surface area (Å²) >= 11 is 3.08. The van der Waals surface area contributed by atoms with Gasteiger partial charge in [-0.3, -0.25) is 0 Å². The van der Waals surface area contributed by atoms with Crippen LogP contribution < -0.4 is 5.73 Å². The van der Waals surface area contributed by atoms with Crippen molar-refractivity contribution >= 4 is 15.9 Å². The number of hydrogen-bond donors (Lipinski definition) is 1. The summed E-state index contributed by atoms with van der Waals surface area (Å²) in [6.07, 6.45) is 0. The largest absolute Gasteiger partial charge is 0.453 e. The first-order valence-electron chi connectivity index (χ1n) is 2.81. The highest BCUT2D eigenvalue weighted by Crippen LogP contribution is 2.18. The van der Waals surface area contributed by atoms with Crippen LogP contribution in [0, 0.1) is 0 Å². The number of halogens is 2. The molecule has 2 N–H and O–H groups in total. The zero-order valence-electron chi connectivity index (χ0n) is 5.18. The van der Waals surface area contributed by atoms with Crippen molar-refractivity contribution in [2.45, 2.75) is 6.04 Å². The van der Waals surface area contributed by atoms with Crippen LogP contribution in [0.15, 0.2) is 21.2 Å². The normalized spacial score (nSPS) is 13.5. The molecular formula is C6H7BrFNO. The van der Waals surface area contributed by atoms with Crippen molar-refractivity contribution in [3.8, 4) is 0 Å². The molecule has 0 aliphatic carbocycles. The molecule has 10 heavy (non-hydrogen) atoms. The fourth-order valence-electron chi connectivity index (χ4n) is 0.604. The van der Waals surface area contributed by atoms with E-state index in [0.717, 1.165) is 0 Å². The number of furan rings is 1. The first kappa shape index (κ1) is 7.75. The van der Waals surface area contributed by atoms with Crippen LogP contribution in [0.3, 0.4) is 0 Å². The molecule has 0 aliphatic rings. The van der Waals surface area contributed by atoms with Crippen molar-refractivity contribution in [1.29, 1.82) is 0 Å². The molecule has 1 aromatic heterocycles. The lowest BCUT2D eigenvalue weighted by Gasteiger charge is -1.99. The molecule has 1 rings (SSSR count). The van der Waals surface area contributed by atoms with Gasteiger partial charge in [0.25, 0.3) is 0 Å². The Labute approximate surface area is 66.3 Å². The third kappa shape index (κ3) is 1.58. The Hall–Kier alpha value is -0.350. The van der Waals surface area contributed by atoms with Crippen LogP contribution in [-0.2, 0) is 0 Å². The van der Waals surface area contributed by atoms with Gasteiger partial charge in [0.05, 0.1) is 6.04 Å². The summed E-state index contributed by atoms with van der Waals surface area (Å²) in [5.74, 6) is 0.467. The Kier molecular flexibility index (Phi) is 2.45. The van der Waals surface area contributed by atoms with E-state index in [9.17, 15) is 4.39 Å². The molecule has 0 saturated carbocycles. The fraction of sp³-hybridized carbons (Fsp3) is 0.333. The van der Waals surface area contributed by atoms with E-state index in [1.807, 2.05) is 0 Å². The van der Waals surface area contributed by atoms with Gasteiger partial charge in [-0.2, -0.15) is 0 Å². The molecule has 0 aliphatic heterocycles. The minimum atomic E-state index is -0.633. The van der Waals surface area contributed by atoms with Crippen LogP contribution in [0.25, 0.3) is 0 Å². The van der Waals surface area contributed by atoms with E-state index in [4.69, 9.17) is 10.2 Å². The summed E-state index contributed by atoms with van der Waals surface area (Å²) in [6.45, 7) is -0.597. The maximum absolute atomic E-state index is 11.9. The van der Waals surface area contributed by atoms with Crippen molar-refractivity contribution in [3.63, 3.8) is 0 Å². The molecule has 0 aromatic carbocycles. The molecule has 0 bridgehead atoms. The van der Waals surface area contributed by atoms with Gasteiger partial charge in [0, 0.05) is 0 Å². The lowest BCUT2D eigenvalue weighted by Crippen LogP contribution is -2.10. The van der Waals surface area contributed by atoms with E-state index in [-0.39, 0.29) is 0 Å². The van der Waals surface area contributed by atoms with Crippen LogP contribution in [0.4, 0.5) is 4.39 Å². The second kappa shape index (κ2) is 3.16. The number of hydrogen-bond acceptors (Lipinski definition) is 2. The molecule has 0 spiro atoms. The average molecular weight is 208 g/mol. The summed E-state index contributed by atoms with van der Waals surface area (Å²) in [7, 11) is 0. The van der Waals surface area contributed by atoms with Crippen molar-refractivity contribution < 1.29 is 8.81 Å². The molecule has 0 unspecified atom stereocenters. The Morgan fingerprint density at radius 1 is 1.70 bits per heavy atom. The van der Waals surface area contributed by atoms with E-state index in [0.29, 0.717) is 10.4 Å². The average Bonchev–Trinajstić information content (AvgIpc) is 2.34. The number of alkyl halides is 1. The van der Waals surface area contributed by atoms with E-state index < -0.39 is 12.7 Å². The molecule has 1 atom stereocenters. The highest BCUT2D eigenvalue weighted by Gasteiger charge is 2.08. The molecule has 0 saturated heterocycles. The summed E-state index contributed by atoms with van der Waals surface area (Å²) in [5, 5.41) is 0. The van der Waals surface area contributed by atoms with E-state index in [1.165, 1.54) is 0 Å². The summed E-state index contributed by atoms with van der Waals surface area (Å²) in [4.78, 5) is 0. The molecule has 1 aromatic rings. The smallest absolute Gasteiger partial charge is 0.169 e. The second-order valence-electron chi connectivity index (χ2n) is 1.90. The van der Waals surface area contributed by atoms with Gasteiger partial charge in [-0.05, 0) is 28.1 Å². The fourth-order valence-corrected chi connectivity index (χ4v) is 0.923. The summed E-state index contributed by atoms with van der Waals surface area (Å²) in [6, 6.07) is 2.70. The van der Waals surface area contributed by atoms with Crippen LogP contribution in [0.1, 0.15) is 11.8 Å². The van der Waals surface area contributed by atoms with Gasteiger partial charge < -0.3 is 10.2 Å². The topological polar surface area (TPSA) is 39.2 Å². The molecule has 1 heterocycles. The number of nitrogens with two attached hydrogens (primary N) is 1. The van der Waals surface area contributed by atoms with Crippen molar-refractivity contribution in [2.24, 2.45) is 5.73 Å². The maximum Gasteiger partial charge on any atom is 0.169 e. The van der Waals surface area contributed by atoms with Gasteiger partial charge in [-0.1, -0.05) is 0 Å². The molecule has 0 amide bonds. The zero-order chi connectivity index (χ0) is 7.56. The third-order valence-corrected chi connectivity index (χ3v) is 1.55. The maximum atomic E-state index is 11.9. The van der Waals surface area contributed by atoms with Gasteiger partial charge >= 0.3 is 0 Å². The monoisotopic (exact) mass is 207 g/mol. The van der Waals surface area contributed by atoms with E-state index >= 15 is 0 Å². The van der Waals surface area contributed by atoms with Crippen LogP contribution in [-0.4, -0.2) is 6.67 Å². The van der Waals surface area contributed by atoms with Crippen molar-refractivity contribution in [1.82, 2.24) is 0 Å². The first-order chi connectivity index (χ1) is 4.74. The lowest BCUT2D eigenvalue weighted by atomic mass is 10.3.